The van der Waals surface area contributed by atoms with E-state index in [0.717, 1.165) is 16.5 Å². The molecule has 3 aromatic rings. The van der Waals surface area contributed by atoms with Crippen molar-refractivity contribution in [3.8, 4) is 11.8 Å². The molecule has 114 valence electrons. The second-order valence-corrected chi connectivity index (χ2v) is 5.51. The molecule has 0 bridgehead atoms. The number of carbonyl (C=O) groups excluding carboxylic acids is 1. The van der Waals surface area contributed by atoms with Crippen LogP contribution in [0.4, 0.5) is 0 Å². The number of rotatable bonds is 3. The minimum absolute atomic E-state index is 0.0387. The first kappa shape index (κ1) is 14.7. The highest BCUT2D eigenvalue weighted by Crippen LogP contribution is 2.35. The molecule has 0 aliphatic rings. The van der Waals surface area contributed by atoms with Crippen LogP contribution in [0.5, 0.6) is 5.75 Å². The minimum Gasteiger partial charge on any atom is -0.508 e. The molecule has 0 radical (unpaired) electrons. The molecule has 0 saturated heterocycles. The Kier molecular flexibility index (Phi) is 3.51. The number of primary amides is 1. The molecule has 1 aromatic heterocycles. The van der Waals surface area contributed by atoms with Gasteiger partial charge in [0.15, 0.2) is 0 Å². The number of phenolic OH excluding ortho intramolecular Hbond substituents is 1. The second kappa shape index (κ2) is 5.50. The maximum atomic E-state index is 12.0. The lowest BCUT2D eigenvalue weighted by Gasteiger charge is -2.15. The van der Waals surface area contributed by atoms with Crippen LogP contribution in [0.2, 0.25) is 0 Å². The Morgan fingerprint density at radius 3 is 2.70 bits per heavy atom. The van der Waals surface area contributed by atoms with E-state index >= 15 is 0 Å². The van der Waals surface area contributed by atoms with Crippen LogP contribution in [0.25, 0.3) is 10.9 Å². The van der Waals surface area contributed by atoms with Crippen molar-refractivity contribution < 1.29 is 9.90 Å². The summed E-state index contributed by atoms with van der Waals surface area (Å²) in [6.45, 7) is 1.86. The standard InChI is InChI=1S/C18H15N3O2/c1-10-2-4-13(16(22)6-10)17(18(20)23)14-9-21-15-7-11(8-19)3-5-12(14)15/h2-7,9,17,21-22H,1H3,(H2,20,23). The molecule has 0 saturated carbocycles. The zero-order valence-electron chi connectivity index (χ0n) is 12.5. The SMILES string of the molecule is Cc1ccc(C(C(N)=O)c2c[nH]c3cc(C#N)ccc23)c(O)c1. The quantitative estimate of drug-likeness (QED) is 0.693. The van der Waals surface area contributed by atoms with Gasteiger partial charge in [-0.25, -0.2) is 0 Å². The molecule has 2 aromatic carbocycles. The Morgan fingerprint density at radius 1 is 1.26 bits per heavy atom. The van der Waals surface area contributed by atoms with Crippen molar-refractivity contribution >= 4 is 16.8 Å². The van der Waals surface area contributed by atoms with E-state index in [-0.39, 0.29) is 5.75 Å². The van der Waals surface area contributed by atoms with Crippen LogP contribution in [0.3, 0.4) is 0 Å². The number of aryl methyl sites for hydroxylation is 1. The van der Waals surface area contributed by atoms with Gasteiger partial charge in [-0.05, 0) is 36.2 Å². The van der Waals surface area contributed by atoms with Gasteiger partial charge < -0.3 is 15.8 Å². The molecule has 1 heterocycles. The summed E-state index contributed by atoms with van der Waals surface area (Å²) in [5, 5.41) is 20.0. The molecule has 5 heteroatoms. The van der Waals surface area contributed by atoms with E-state index in [0.29, 0.717) is 16.7 Å². The molecule has 23 heavy (non-hydrogen) atoms. The largest absolute Gasteiger partial charge is 0.508 e. The Morgan fingerprint density at radius 2 is 2.04 bits per heavy atom. The number of nitrogens with one attached hydrogen (secondary N) is 1. The first-order valence-electron chi connectivity index (χ1n) is 7.11. The predicted molar refractivity (Wildman–Crippen MR) is 86.9 cm³/mol. The Labute approximate surface area is 133 Å². The van der Waals surface area contributed by atoms with E-state index in [1.807, 2.05) is 13.0 Å². The molecule has 3 rings (SSSR count). The summed E-state index contributed by atoms with van der Waals surface area (Å²) in [4.78, 5) is 15.1. The van der Waals surface area contributed by atoms with E-state index < -0.39 is 11.8 Å². The molecule has 0 aliphatic heterocycles. The molecule has 1 unspecified atom stereocenters. The number of aromatic amines is 1. The van der Waals surface area contributed by atoms with Crippen LogP contribution in [0, 0.1) is 18.3 Å². The zero-order valence-corrected chi connectivity index (χ0v) is 12.5. The average Bonchev–Trinajstić information content (AvgIpc) is 2.92. The number of nitriles is 1. The van der Waals surface area contributed by atoms with Crippen molar-refractivity contribution in [3.63, 3.8) is 0 Å². The number of nitrogens with two attached hydrogens (primary N) is 1. The number of H-pyrrole nitrogens is 1. The number of phenols is 1. The van der Waals surface area contributed by atoms with Crippen molar-refractivity contribution in [2.75, 3.05) is 0 Å². The topological polar surface area (TPSA) is 103 Å². The normalized spacial score (nSPS) is 12.0. The van der Waals surface area contributed by atoms with E-state index in [1.54, 1.807) is 36.5 Å². The third kappa shape index (κ3) is 2.51. The molecular weight excluding hydrogens is 290 g/mol. The number of hydrogen-bond donors (Lipinski definition) is 3. The van der Waals surface area contributed by atoms with Crippen molar-refractivity contribution in [2.24, 2.45) is 5.73 Å². The van der Waals surface area contributed by atoms with Gasteiger partial charge >= 0.3 is 0 Å². The van der Waals surface area contributed by atoms with Gasteiger partial charge in [0.05, 0.1) is 17.6 Å². The number of fused-ring (bicyclic) bond motifs is 1. The summed E-state index contributed by atoms with van der Waals surface area (Å²) in [6, 6.07) is 12.4. The van der Waals surface area contributed by atoms with Crippen molar-refractivity contribution in [1.82, 2.24) is 4.98 Å². The summed E-state index contributed by atoms with van der Waals surface area (Å²) < 4.78 is 0. The molecule has 5 nitrogen and oxygen atoms in total. The highest BCUT2D eigenvalue weighted by molar-refractivity contribution is 5.94. The van der Waals surface area contributed by atoms with Gasteiger partial charge in [-0.2, -0.15) is 5.26 Å². The molecule has 0 aliphatic carbocycles. The summed E-state index contributed by atoms with van der Waals surface area (Å²) in [6.07, 6.45) is 1.69. The molecular formula is C18H15N3O2. The first-order chi connectivity index (χ1) is 11.0. The fraction of sp³-hybridized carbons (Fsp3) is 0.111. The first-order valence-corrected chi connectivity index (χ1v) is 7.11. The van der Waals surface area contributed by atoms with Crippen LogP contribution in [0.15, 0.2) is 42.6 Å². The number of hydrogen-bond acceptors (Lipinski definition) is 3. The van der Waals surface area contributed by atoms with Crippen molar-refractivity contribution in [2.45, 2.75) is 12.8 Å². The van der Waals surface area contributed by atoms with Gasteiger partial charge in [0, 0.05) is 22.7 Å². The number of benzene rings is 2. The Hall–Kier alpha value is -3.26. The maximum absolute atomic E-state index is 12.0. The predicted octanol–water partition coefficient (Wildman–Crippen LogP) is 2.67. The van der Waals surface area contributed by atoms with Crippen LogP contribution in [-0.4, -0.2) is 16.0 Å². The van der Waals surface area contributed by atoms with Gasteiger partial charge in [-0.3, -0.25) is 4.79 Å². The fourth-order valence-corrected chi connectivity index (χ4v) is 2.83. The van der Waals surface area contributed by atoms with E-state index in [1.165, 1.54) is 0 Å². The molecule has 1 atom stereocenters. The highest BCUT2D eigenvalue weighted by atomic mass is 16.3. The van der Waals surface area contributed by atoms with Crippen LogP contribution >= 0.6 is 0 Å². The van der Waals surface area contributed by atoms with Gasteiger partial charge in [0.2, 0.25) is 5.91 Å². The fourth-order valence-electron chi connectivity index (χ4n) is 2.83. The summed E-state index contributed by atoms with van der Waals surface area (Å²) in [5.74, 6) is -1.27. The third-order valence-corrected chi connectivity index (χ3v) is 3.94. The monoisotopic (exact) mass is 305 g/mol. The molecule has 1 amide bonds. The lowest BCUT2D eigenvalue weighted by molar-refractivity contribution is -0.118. The lowest BCUT2D eigenvalue weighted by Crippen LogP contribution is -2.22. The van der Waals surface area contributed by atoms with E-state index in [2.05, 4.69) is 11.1 Å². The Bertz CT molecular complexity index is 951. The minimum atomic E-state index is -0.766. The van der Waals surface area contributed by atoms with Gasteiger partial charge in [-0.1, -0.05) is 18.2 Å². The summed E-state index contributed by atoms with van der Waals surface area (Å²) in [7, 11) is 0. The van der Waals surface area contributed by atoms with Crippen LogP contribution < -0.4 is 5.73 Å². The third-order valence-electron chi connectivity index (χ3n) is 3.94. The second-order valence-electron chi connectivity index (χ2n) is 5.51. The average molecular weight is 305 g/mol. The summed E-state index contributed by atoms with van der Waals surface area (Å²) in [5.41, 5.74) is 8.91. The van der Waals surface area contributed by atoms with Crippen LogP contribution in [-0.2, 0) is 4.79 Å². The van der Waals surface area contributed by atoms with Crippen LogP contribution in [0.1, 0.15) is 28.2 Å². The van der Waals surface area contributed by atoms with Gasteiger partial charge in [0.1, 0.15) is 5.75 Å². The number of aromatic hydroxyl groups is 1. The number of aromatic nitrogens is 1. The number of carbonyl (C=O) groups is 1. The van der Waals surface area contributed by atoms with E-state index in [4.69, 9.17) is 11.0 Å². The smallest absolute Gasteiger partial charge is 0.229 e. The number of nitrogens with zero attached hydrogens (tertiary/aromatic N) is 1. The Balaban J connectivity index is 2.20. The molecule has 0 fully saturated rings. The number of amides is 1. The van der Waals surface area contributed by atoms with Gasteiger partial charge in [-0.15, -0.1) is 0 Å². The maximum Gasteiger partial charge on any atom is 0.229 e. The van der Waals surface area contributed by atoms with Gasteiger partial charge in [0.25, 0.3) is 0 Å². The van der Waals surface area contributed by atoms with E-state index in [9.17, 15) is 9.90 Å². The highest BCUT2D eigenvalue weighted by Gasteiger charge is 2.26. The summed E-state index contributed by atoms with van der Waals surface area (Å²) >= 11 is 0. The lowest BCUT2D eigenvalue weighted by atomic mass is 9.89. The zero-order chi connectivity index (χ0) is 16.6. The molecule has 0 spiro atoms. The van der Waals surface area contributed by atoms with Crippen molar-refractivity contribution in [1.29, 1.82) is 5.26 Å². The molecule has 4 N–H and O–H groups in total. The van der Waals surface area contributed by atoms with Crippen molar-refractivity contribution in [3.05, 3.63) is 64.8 Å².